The van der Waals surface area contributed by atoms with Crippen molar-refractivity contribution in [3.63, 3.8) is 0 Å². The average molecular weight is 407 g/mol. The molecule has 1 heterocycles. The zero-order valence-corrected chi connectivity index (χ0v) is 14.4. The van der Waals surface area contributed by atoms with E-state index < -0.39 is 0 Å². The van der Waals surface area contributed by atoms with Gasteiger partial charge in [-0.1, -0.05) is 19.1 Å². The minimum absolute atomic E-state index is 0.208. The molecule has 0 saturated carbocycles. The molecule has 0 saturated heterocycles. The van der Waals surface area contributed by atoms with E-state index in [9.17, 15) is 4.39 Å². The molecule has 5 heteroatoms. The molecule has 102 valence electrons. The van der Waals surface area contributed by atoms with Crippen LogP contribution in [0.2, 0.25) is 0 Å². The Balaban J connectivity index is 2.23. The SMILES string of the molecule is CCNC(Cc1cccc(F)c1Br)c1ccc(Br)s1. The third-order valence-corrected chi connectivity index (χ3v) is 5.47. The molecular weight excluding hydrogens is 393 g/mol. The highest BCUT2D eigenvalue weighted by molar-refractivity contribution is 9.11. The maximum Gasteiger partial charge on any atom is 0.137 e. The zero-order chi connectivity index (χ0) is 13.8. The summed E-state index contributed by atoms with van der Waals surface area (Å²) in [7, 11) is 0. The molecule has 0 amide bonds. The second-order valence-electron chi connectivity index (χ2n) is 4.17. The molecular formula is C14H14Br2FNS. The van der Waals surface area contributed by atoms with Crippen molar-refractivity contribution >= 4 is 43.2 Å². The number of thiophene rings is 1. The fourth-order valence-electron chi connectivity index (χ4n) is 1.96. The summed E-state index contributed by atoms with van der Waals surface area (Å²) in [6.45, 7) is 2.96. The summed E-state index contributed by atoms with van der Waals surface area (Å²) < 4.78 is 15.2. The zero-order valence-electron chi connectivity index (χ0n) is 10.4. The Kier molecular flexibility index (Phi) is 5.57. The van der Waals surface area contributed by atoms with Crippen molar-refractivity contribution in [1.29, 1.82) is 0 Å². The molecule has 0 fully saturated rings. The molecule has 1 atom stereocenters. The average Bonchev–Trinajstić information content (AvgIpc) is 2.81. The summed E-state index contributed by atoms with van der Waals surface area (Å²) in [5.41, 5.74) is 0.982. The lowest BCUT2D eigenvalue weighted by atomic mass is 10.0. The fourth-order valence-corrected chi connectivity index (χ4v) is 3.89. The minimum Gasteiger partial charge on any atom is -0.309 e. The molecule has 19 heavy (non-hydrogen) atoms. The van der Waals surface area contributed by atoms with Crippen molar-refractivity contribution in [3.8, 4) is 0 Å². The summed E-state index contributed by atoms with van der Waals surface area (Å²) in [6.07, 6.45) is 0.763. The van der Waals surface area contributed by atoms with E-state index in [0.29, 0.717) is 4.47 Å². The van der Waals surface area contributed by atoms with Gasteiger partial charge in [0.05, 0.1) is 8.26 Å². The van der Waals surface area contributed by atoms with Crippen LogP contribution < -0.4 is 5.32 Å². The van der Waals surface area contributed by atoms with Crippen molar-refractivity contribution in [3.05, 3.63) is 54.8 Å². The normalized spacial score (nSPS) is 12.6. The highest BCUT2D eigenvalue weighted by atomic mass is 79.9. The molecule has 2 aromatic rings. The van der Waals surface area contributed by atoms with E-state index in [-0.39, 0.29) is 11.9 Å². The van der Waals surface area contributed by atoms with Crippen LogP contribution in [0.5, 0.6) is 0 Å². The highest BCUT2D eigenvalue weighted by Gasteiger charge is 2.16. The summed E-state index contributed by atoms with van der Waals surface area (Å²) in [4.78, 5) is 1.25. The minimum atomic E-state index is -0.208. The molecule has 0 bridgehead atoms. The van der Waals surface area contributed by atoms with Crippen LogP contribution in [0.3, 0.4) is 0 Å². The number of benzene rings is 1. The van der Waals surface area contributed by atoms with Crippen molar-refractivity contribution in [1.82, 2.24) is 5.32 Å². The van der Waals surface area contributed by atoms with Crippen LogP contribution in [0, 0.1) is 5.82 Å². The topological polar surface area (TPSA) is 12.0 Å². The van der Waals surface area contributed by atoms with Gasteiger partial charge in [0, 0.05) is 10.9 Å². The Morgan fingerprint density at radius 3 is 2.68 bits per heavy atom. The second-order valence-corrected chi connectivity index (χ2v) is 7.46. The Bertz CT molecular complexity index is 556. The largest absolute Gasteiger partial charge is 0.309 e. The molecule has 0 spiro atoms. The maximum absolute atomic E-state index is 13.5. The van der Waals surface area contributed by atoms with E-state index in [0.717, 1.165) is 22.3 Å². The standard InChI is InChI=1S/C14H14Br2FNS/c1-2-18-11(12-6-7-13(15)19-12)8-9-4-3-5-10(17)14(9)16/h3-7,11,18H,2,8H2,1H3. The third-order valence-electron chi connectivity index (χ3n) is 2.84. The molecule has 1 aromatic carbocycles. The van der Waals surface area contributed by atoms with Gasteiger partial charge in [-0.05, 0) is 68.6 Å². The van der Waals surface area contributed by atoms with Crippen molar-refractivity contribution in [2.75, 3.05) is 6.54 Å². The highest BCUT2D eigenvalue weighted by Crippen LogP contribution is 2.31. The lowest BCUT2D eigenvalue weighted by Crippen LogP contribution is -2.22. The number of rotatable bonds is 5. The number of likely N-dealkylation sites (N-methyl/N-ethyl adjacent to an activating group) is 1. The van der Waals surface area contributed by atoms with Crippen molar-refractivity contribution in [2.24, 2.45) is 0 Å². The Hall–Kier alpha value is -0.230. The van der Waals surface area contributed by atoms with Crippen LogP contribution in [-0.2, 0) is 6.42 Å². The number of halogens is 3. The van der Waals surface area contributed by atoms with E-state index in [1.807, 2.05) is 12.1 Å². The van der Waals surface area contributed by atoms with Gasteiger partial charge in [0.25, 0.3) is 0 Å². The van der Waals surface area contributed by atoms with Gasteiger partial charge in [-0.2, -0.15) is 0 Å². The molecule has 0 aliphatic rings. The quantitative estimate of drug-likeness (QED) is 0.709. The van der Waals surface area contributed by atoms with E-state index in [4.69, 9.17) is 0 Å². The molecule has 1 unspecified atom stereocenters. The molecule has 1 nitrogen and oxygen atoms in total. The van der Waals surface area contributed by atoms with E-state index in [2.05, 4.69) is 50.2 Å². The van der Waals surface area contributed by atoms with E-state index >= 15 is 0 Å². The number of hydrogen-bond donors (Lipinski definition) is 1. The van der Waals surface area contributed by atoms with E-state index in [1.165, 1.54) is 10.9 Å². The molecule has 2 rings (SSSR count). The molecule has 1 N–H and O–H groups in total. The smallest absolute Gasteiger partial charge is 0.137 e. The first-order chi connectivity index (χ1) is 9.11. The van der Waals surface area contributed by atoms with Crippen LogP contribution >= 0.6 is 43.2 Å². The predicted octanol–water partition coefficient (Wildman–Crippen LogP) is 5.31. The Morgan fingerprint density at radius 1 is 1.26 bits per heavy atom. The summed E-state index contributed by atoms with van der Waals surface area (Å²) in [5, 5.41) is 3.45. The van der Waals surface area contributed by atoms with Gasteiger partial charge in [0.1, 0.15) is 5.82 Å². The fraction of sp³-hybridized carbons (Fsp3) is 0.286. The van der Waals surface area contributed by atoms with Gasteiger partial charge in [-0.15, -0.1) is 11.3 Å². The maximum atomic E-state index is 13.5. The van der Waals surface area contributed by atoms with Gasteiger partial charge in [0.15, 0.2) is 0 Å². The van der Waals surface area contributed by atoms with Gasteiger partial charge in [0.2, 0.25) is 0 Å². The summed E-state index contributed by atoms with van der Waals surface area (Å²) in [5.74, 6) is -0.208. The first-order valence-corrected chi connectivity index (χ1v) is 8.43. The van der Waals surface area contributed by atoms with Gasteiger partial charge in [-0.3, -0.25) is 0 Å². The lowest BCUT2D eigenvalue weighted by Gasteiger charge is -2.17. The predicted molar refractivity (Wildman–Crippen MR) is 86.2 cm³/mol. The van der Waals surface area contributed by atoms with Gasteiger partial charge in [-0.25, -0.2) is 4.39 Å². The Morgan fingerprint density at radius 2 is 2.05 bits per heavy atom. The van der Waals surface area contributed by atoms with Crippen molar-refractivity contribution < 1.29 is 4.39 Å². The van der Waals surface area contributed by atoms with Crippen LogP contribution in [0.1, 0.15) is 23.4 Å². The summed E-state index contributed by atoms with van der Waals surface area (Å²) in [6, 6.07) is 9.54. The Labute approximate surface area is 133 Å². The van der Waals surface area contributed by atoms with Gasteiger partial charge < -0.3 is 5.32 Å². The van der Waals surface area contributed by atoms with Crippen LogP contribution in [-0.4, -0.2) is 6.54 Å². The van der Waals surface area contributed by atoms with Crippen LogP contribution in [0.25, 0.3) is 0 Å². The van der Waals surface area contributed by atoms with Crippen LogP contribution in [0.4, 0.5) is 4.39 Å². The third kappa shape index (κ3) is 3.88. The van der Waals surface area contributed by atoms with Crippen molar-refractivity contribution in [2.45, 2.75) is 19.4 Å². The lowest BCUT2D eigenvalue weighted by molar-refractivity contribution is 0.552. The monoisotopic (exact) mass is 405 g/mol. The number of nitrogens with one attached hydrogen (secondary N) is 1. The first-order valence-electron chi connectivity index (χ1n) is 6.03. The first kappa shape index (κ1) is 15.2. The van der Waals surface area contributed by atoms with Crippen LogP contribution in [0.15, 0.2) is 38.6 Å². The molecule has 1 aromatic heterocycles. The summed E-state index contributed by atoms with van der Waals surface area (Å²) >= 11 is 8.52. The van der Waals surface area contributed by atoms with E-state index in [1.54, 1.807) is 17.4 Å². The molecule has 0 aliphatic carbocycles. The molecule has 0 aliphatic heterocycles. The van der Waals surface area contributed by atoms with Gasteiger partial charge >= 0.3 is 0 Å². The second kappa shape index (κ2) is 6.97. The number of hydrogen-bond acceptors (Lipinski definition) is 2. The molecule has 0 radical (unpaired) electrons.